The van der Waals surface area contributed by atoms with Crippen LogP contribution in [-0.2, 0) is 0 Å². The predicted molar refractivity (Wildman–Crippen MR) is 84.3 cm³/mol. The fraction of sp³-hybridized carbons (Fsp3) is 0.235. The highest BCUT2D eigenvalue weighted by molar-refractivity contribution is 5.95. The van der Waals surface area contributed by atoms with Crippen LogP contribution in [0.25, 0.3) is 0 Å². The zero-order chi connectivity index (χ0) is 15.2. The fourth-order valence-corrected chi connectivity index (χ4v) is 2.14. The molecule has 2 aromatic carbocycles. The molecule has 4 heteroatoms. The van der Waals surface area contributed by atoms with Gasteiger partial charge in [0, 0.05) is 12.1 Å². The molecule has 0 radical (unpaired) electrons. The van der Waals surface area contributed by atoms with Crippen LogP contribution in [0.3, 0.4) is 0 Å². The number of hydrogen-bond donors (Lipinski definition) is 3. The number of nitrogens with one attached hydrogen (secondary N) is 1. The molecule has 4 N–H and O–H groups in total. The molecule has 2 aromatic rings. The number of carbonyl (C=O) groups excluding carboxylic acids is 1. The van der Waals surface area contributed by atoms with Crippen molar-refractivity contribution >= 4 is 11.6 Å². The lowest BCUT2D eigenvalue weighted by molar-refractivity contribution is 0.0952. The summed E-state index contributed by atoms with van der Waals surface area (Å²) in [5.74, 6) is 0.109. The van der Waals surface area contributed by atoms with Gasteiger partial charge < -0.3 is 16.2 Å². The van der Waals surface area contributed by atoms with Crippen LogP contribution in [0.4, 0.5) is 5.69 Å². The van der Waals surface area contributed by atoms with Crippen LogP contribution in [0.5, 0.6) is 5.75 Å². The first kappa shape index (κ1) is 14.9. The summed E-state index contributed by atoms with van der Waals surface area (Å²) >= 11 is 0. The van der Waals surface area contributed by atoms with Crippen molar-refractivity contribution in [3.05, 3.63) is 59.7 Å². The normalized spacial score (nSPS) is 11.9. The van der Waals surface area contributed by atoms with Gasteiger partial charge in [0.2, 0.25) is 0 Å². The topological polar surface area (TPSA) is 75.4 Å². The van der Waals surface area contributed by atoms with Gasteiger partial charge in [-0.2, -0.15) is 0 Å². The number of nitrogen functional groups attached to an aromatic ring is 1. The molecule has 110 valence electrons. The lowest BCUT2D eigenvalue weighted by Gasteiger charge is -2.12. The van der Waals surface area contributed by atoms with E-state index in [0.717, 1.165) is 6.42 Å². The van der Waals surface area contributed by atoms with E-state index in [1.54, 1.807) is 6.07 Å². The lowest BCUT2D eigenvalue weighted by atomic mass is 9.98. The van der Waals surface area contributed by atoms with Crippen LogP contribution in [0.2, 0.25) is 0 Å². The van der Waals surface area contributed by atoms with Crippen LogP contribution in [0.15, 0.2) is 48.5 Å². The highest BCUT2D eigenvalue weighted by Crippen LogP contribution is 2.21. The summed E-state index contributed by atoms with van der Waals surface area (Å²) in [7, 11) is 0. The third-order valence-electron chi connectivity index (χ3n) is 3.52. The van der Waals surface area contributed by atoms with Gasteiger partial charge in [0.05, 0.1) is 5.69 Å². The van der Waals surface area contributed by atoms with Crippen molar-refractivity contribution in [2.45, 2.75) is 19.3 Å². The summed E-state index contributed by atoms with van der Waals surface area (Å²) < 4.78 is 0. The minimum absolute atomic E-state index is 0.0692. The number of phenols is 1. The molecule has 0 spiro atoms. The minimum Gasteiger partial charge on any atom is -0.506 e. The maximum atomic E-state index is 12.0. The summed E-state index contributed by atoms with van der Waals surface area (Å²) in [5, 5.41) is 12.4. The number of phenolic OH excluding ortho intramolecular Hbond substituents is 1. The smallest absolute Gasteiger partial charge is 0.251 e. The van der Waals surface area contributed by atoms with E-state index < -0.39 is 0 Å². The summed E-state index contributed by atoms with van der Waals surface area (Å²) in [4.78, 5) is 12.0. The Labute approximate surface area is 124 Å². The van der Waals surface area contributed by atoms with Gasteiger partial charge >= 0.3 is 0 Å². The Morgan fingerprint density at radius 3 is 2.62 bits per heavy atom. The quantitative estimate of drug-likeness (QED) is 0.583. The highest BCUT2D eigenvalue weighted by Gasteiger charge is 2.09. The number of hydrogen-bond acceptors (Lipinski definition) is 3. The largest absolute Gasteiger partial charge is 0.506 e. The monoisotopic (exact) mass is 284 g/mol. The van der Waals surface area contributed by atoms with Crippen LogP contribution in [0.1, 0.15) is 35.2 Å². The van der Waals surface area contributed by atoms with Crippen LogP contribution in [0, 0.1) is 0 Å². The Hall–Kier alpha value is -2.49. The van der Waals surface area contributed by atoms with E-state index in [-0.39, 0.29) is 17.3 Å². The third kappa shape index (κ3) is 3.99. The average molecular weight is 284 g/mol. The van der Waals surface area contributed by atoms with Crippen molar-refractivity contribution in [3.63, 3.8) is 0 Å². The molecule has 2 rings (SSSR count). The summed E-state index contributed by atoms with van der Waals surface area (Å²) in [6.07, 6.45) is 0.858. The molecule has 4 nitrogen and oxygen atoms in total. The van der Waals surface area contributed by atoms with Crippen LogP contribution >= 0.6 is 0 Å². The van der Waals surface area contributed by atoms with Crippen molar-refractivity contribution in [2.24, 2.45) is 0 Å². The Bertz CT molecular complexity index is 611. The van der Waals surface area contributed by atoms with E-state index in [0.29, 0.717) is 18.0 Å². The molecule has 21 heavy (non-hydrogen) atoms. The van der Waals surface area contributed by atoms with E-state index in [9.17, 15) is 9.90 Å². The number of carbonyl (C=O) groups is 1. The second-order valence-electron chi connectivity index (χ2n) is 5.13. The maximum absolute atomic E-state index is 12.0. The molecule has 0 aromatic heterocycles. The van der Waals surface area contributed by atoms with E-state index in [1.807, 2.05) is 18.2 Å². The van der Waals surface area contributed by atoms with Crippen LogP contribution in [-0.4, -0.2) is 17.6 Å². The van der Waals surface area contributed by atoms with E-state index in [1.165, 1.54) is 17.7 Å². The highest BCUT2D eigenvalue weighted by atomic mass is 16.3. The van der Waals surface area contributed by atoms with Gasteiger partial charge in [0.1, 0.15) is 5.75 Å². The average Bonchev–Trinajstić information content (AvgIpc) is 2.50. The Morgan fingerprint density at radius 2 is 1.95 bits per heavy atom. The van der Waals surface area contributed by atoms with Gasteiger partial charge in [-0.1, -0.05) is 37.3 Å². The first-order chi connectivity index (χ1) is 10.1. The number of nitrogens with two attached hydrogens (primary N) is 1. The van der Waals surface area contributed by atoms with Gasteiger partial charge in [-0.25, -0.2) is 0 Å². The molecule has 0 heterocycles. The zero-order valence-corrected chi connectivity index (χ0v) is 12.0. The first-order valence-electron chi connectivity index (χ1n) is 6.99. The van der Waals surface area contributed by atoms with Crippen molar-refractivity contribution in [3.8, 4) is 5.75 Å². The Balaban J connectivity index is 1.85. The molecule has 0 aliphatic heterocycles. The molecular weight excluding hydrogens is 264 g/mol. The third-order valence-corrected chi connectivity index (χ3v) is 3.52. The molecule has 1 atom stereocenters. The molecule has 1 amide bonds. The first-order valence-corrected chi connectivity index (χ1v) is 6.99. The van der Waals surface area contributed by atoms with Gasteiger partial charge in [-0.3, -0.25) is 4.79 Å². The molecule has 0 aliphatic rings. The number of amides is 1. The maximum Gasteiger partial charge on any atom is 0.251 e. The molecule has 1 unspecified atom stereocenters. The van der Waals surface area contributed by atoms with Crippen molar-refractivity contribution in [2.75, 3.05) is 12.3 Å². The van der Waals surface area contributed by atoms with Gasteiger partial charge in [0.25, 0.3) is 5.91 Å². The number of aromatic hydroxyl groups is 1. The summed E-state index contributed by atoms with van der Waals surface area (Å²) in [6, 6.07) is 14.7. The summed E-state index contributed by atoms with van der Waals surface area (Å²) in [5.41, 5.74) is 7.45. The van der Waals surface area contributed by atoms with Gasteiger partial charge in [0.15, 0.2) is 0 Å². The standard InChI is InChI=1S/C17H20N2O2/c1-12(13-5-3-2-4-6-13)9-10-19-17(21)14-7-8-15(18)16(20)11-14/h2-8,11-12,20H,9-10,18H2,1H3,(H,19,21). The molecular formula is C17H20N2O2. The van der Waals surface area contributed by atoms with Gasteiger partial charge in [-0.05, 0) is 36.1 Å². The molecule has 0 aliphatic carbocycles. The Kier molecular flexibility index (Phi) is 4.82. The van der Waals surface area contributed by atoms with E-state index >= 15 is 0 Å². The van der Waals surface area contributed by atoms with Crippen LogP contribution < -0.4 is 11.1 Å². The SMILES string of the molecule is CC(CCNC(=O)c1ccc(N)c(O)c1)c1ccccc1. The van der Waals surface area contributed by atoms with Crippen molar-refractivity contribution in [1.29, 1.82) is 0 Å². The predicted octanol–water partition coefficient (Wildman–Crippen LogP) is 2.90. The van der Waals surface area contributed by atoms with Crippen molar-refractivity contribution in [1.82, 2.24) is 5.32 Å². The molecule has 0 saturated heterocycles. The number of anilines is 1. The molecule has 0 saturated carbocycles. The number of benzene rings is 2. The van der Waals surface area contributed by atoms with Gasteiger partial charge in [-0.15, -0.1) is 0 Å². The Morgan fingerprint density at radius 1 is 1.24 bits per heavy atom. The van der Waals surface area contributed by atoms with Crippen molar-refractivity contribution < 1.29 is 9.90 Å². The number of rotatable bonds is 5. The molecule has 0 fully saturated rings. The zero-order valence-electron chi connectivity index (χ0n) is 12.0. The van der Waals surface area contributed by atoms with E-state index in [2.05, 4.69) is 24.4 Å². The minimum atomic E-state index is -0.203. The van der Waals surface area contributed by atoms with E-state index in [4.69, 9.17) is 5.73 Å². The second kappa shape index (κ2) is 6.79. The second-order valence-corrected chi connectivity index (χ2v) is 5.13. The molecule has 0 bridgehead atoms. The lowest BCUT2D eigenvalue weighted by Crippen LogP contribution is -2.25. The fourth-order valence-electron chi connectivity index (χ4n) is 2.14. The summed E-state index contributed by atoms with van der Waals surface area (Å²) in [6.45, 7) is 2.72.